The lowest BCUT2D eigenvalue weighted by atomic mass is 10.2. The predicted octanol–water partition coefficient (Wildman–Crippen LogP) is 1.30. The summed E-state index contributed by atoms with van der Waals surface area (Å²) in [6.45, 7) is 1.67. The number of sulfonamides is 1. The first-order valence-electron chi connectivity index (χ1n) is 7.17. The van der Waals surface area contributed by atoms with Crippen LogP contribution in [0.25, 0.3) is 0 Å². The number of halogens is 2. The molecule has 132 valence electrons. The van der Waals surface area contributed by atoms with Crippen molar-refractivity contribution in [1.29, 1.82) is 0 Å². The summed E-state index contributed by atoms with van der Waals surface area (Å²) < 4.78 is 50.9. The van der Waals surface area contributed by atoms with Crippen molar-refractivity contribution in [2.45, 2.75) is 23.8 Å². The van der Waals surface area contributed by atoms with Gasteiger partial charge in [-0.25, -0.2) is 17.5 Å². The molecule has 1 fully saturated rings. The molecule has 2 N–H and O–H groups in total. The number of hydrogen-bond donors (Lipinski definition) is 2. The van der Waals surface area contributed by atoms with E-state index in [-0.39, 0.29) is 42.2 Å². The maximum Gasteiger partial charge on any atom is 0.244 e. The van der Waals surface area contributed by atoms with Crippen molar-refractivity contribution in [3.05, 3.63) is 24.0 Å². The highest BCUT2D eigenvalue weighted by molar-refractivity contribution is 7.89. The Morgan fingerprint density at radius 3 is 2.83 bits per heavy atom. The second-order valence-corrected chi connectivity index (χ2v) is 6.81. The second-order valence-electron chi connectivity index (χ2n) is 5.08. The minimum atomic E-state index is -3.83. The van der Waals surface area contributed by atoms with Gasteiger partial charge >= 0.3 is 0 Å². The lowest BCUT2D eigenvalue weighted by Crippen LogP contribution is -2.37. The molecule has 23 heavy (non-hydrogen) atoms. The summed E-state index contributed by atoms with van der Waals surface area (Å²) in [7, 11) is -2.32. The maximum atomic E-state index is 13.4. The molecule has 0 aromatic heterocycles. The van der Waals surface area contributed by atoms with E-state index in [4.69, 9.17) is 9.47 Å². The van der Waals surface area contributed by atoms with Crippen molar-refractivity contribution < 1.29 is 22.3 Å². The molecule has 0 spiro atoms. The molecule has 1 saturated heterocycles. The molecule has 0 radical (unpaired) electrons. The number of rotatable bonds is 8. The highest BCUT2D eigenvalue weighted by Gasteiger charge is 2.23. The number of nitrogens with one attached hydrogen (secondary N) is 2. The van der Waals surface area contributed by atoms with Gasteiger partial charge in [-0.3, -0.25) is 0 Å². The number of hydrogen-bond acceptors (Lipinski definition) is 5. The minimum absolute atomic E-state index is 0. The minimum Gasteiger partial charge on any atom is -0.490 e. The first kappa shape index (κ1) is 20.1. The maximum absolute atomic E-state index is 13.4. The summed E-state index contributed by atoms with van der Waals surface area (Å²) in [5.74, 6) is -0.510. The SMILES string of the molecule is COCCOc1ccc(F)cc1S(=O)(=O)NCC1CCCN1.Cl. The van der Waals surface area contributed by atoms with Crippen LogP contribution in [0.3, 0.4) is 0 Å². The number of benzene rings is 1. The predicted molar refractivity (Wildman–Crippen MR) is 87.2 cm³/mol. The van der Waals surface area contributed by atoms with Gasteiger partial charge in [-0.05, 0) is 37.6 Å². The van der Waals surface area contributed by atoms with E-state index in [2.05, 4.69) is 10.0 Å². The molecular weight excluding hydrogens is 347 g/mol. The monoisotopic (exact) mass is 368 g/mol. The molecule has 6 nitrogen and oxygen atoms in total. The second kappa shape index (κ2) is 9.39. The Morgan fingerprint density at radius 1 is 1.39 bits per heavy atom. The van der Waals surface area contributed by atoms with Crippen molar-refractivity contribution >= 4 is 22.4 Å². The van der Waals surface area contributed by atoms with Crippen molar-refractivity contribution in [3.8, 4) is 5.75 Å². The Bertz CT molecular complexity index is 594. The van der Waals surface area contributed by atoms with E-state index in [1.807, 2.05) is 0 Å². The van der Waals surface area contributed by atoms with E-state index in [1.165, 1.54) is 19.2 Å². The van der Waals surface area contributed by atoms with Gasteiger partial charge in [0.2, 0.25) is 10.0 Å². The molecule has 9 heteroatoms. The Kier molecular flexibility index (Phi) is 8.21. The van der Waals surface area contributed by atoms with Gasteiger partial charge < -0.3 is 14.8 Å². The molecule has 1 aromatic rings. The van der Waals surface area contributed by atoms with Gasteiger partial charge in [0.25, 0.3) is 0 Å². The van der Waals surface area contributed by atoms with Crippen LogP contribution in [0.2, 0.25) is 0 Å². The summed E-state index contributed by atoms with van der Waals surface area (Å²) in [4.78, 5) is -0.193. The molecule has 1 atom stereocenters. The van der Waals surface area contributed by atoms with E-state index in [0.29, 0.717) is 6.61 Å². The zero-order valence-electron chi connectivity index (χ0n) is 12.9. The van der Waals surface area contributed by atoms with Gasteiger partial charge in [0, 0.05) is 19.7 Å². The van der Waals surface area contributed by atoms with E-state index in [0.717, 1.165) is 25.5 Å². The van der Waals surface area contributed by atoms with Crippen molar-refractivity contribution in [1.82, 2.24) is 10.0 Å². The van der Waals surface area contributed by atoms with Gasteiger partial charge in [-0.2, -0.15) is 0 Å². The van der Waals surface area contributed by atoms with E-state index >= 15 is 0 Å². The molecule has 1 aliphatic heterocycles. The first-order chi connectivity index (χ1) is 10.5. The average molecular weight is 369 g/mol. The van der Waals surface area contributed by atoms with E-state index < -0.39 is 15.8 Å². The fourth-order valence-corrected chi connectivity index (χ4v) is 3.50. The smallest absolute Gasteiger partial charge is 0.244 e. The van der Waals surface area contributed by atoms with E-state index in [1.54, 1.807) is 0 Å². The standard InChI is InChI=1S/C14H21FN2O4S.ClH/c1-20-7-8-21-13-5-4-11(15)9-14(13)22(18,19)17-10-12-3-2-6-16-12;/h4-5,9,12,16-17H,2-3,6-8,10H2,1H3;1H. The lowest BCUT2D eigenvalue weighted by Gasteiger charge is -2.15. The fraction of sp³-hybridized carbons (Fsp3) is 0.571. The van der Waals surface area contributed by atoms with Crippen LogP contribution < -0.4 is 14.8 Å². The normalized spacial score (nSPS) is 17.7. The Balaban J connectivity index is 0.00000264. The largest absolute Gasteiger partial charge is 0.490 e. The molecule has 1 aliphatic rings. The van der Waals surface area contributed by atoms with Gasteiger partial charge in [-0.15, -0.1) is 12.4 Å². The quantitative estimate of drug-likeness (QED) is 0.676. The van der Waals surface area contributed by atoms with Crippen LogP contribution in [0.5, 0.6) is 5.75 Å². The molecule has 0 bridgehead atoms. The van der Waals surface area contributed by atoms with Crippen LogP contribution in [0.1, 0.15) is 12.8 Å². The van der Waals surface area contributed by atoms with Crippen molar-refractivity contribution in [2.24, 2.45) is 0 Å². The summed E-state index contributed by atoms with van der Waals surface area (Å²) >= 11 is 0. The molecule has 1 heterocycles. The third kappa shape index (κ3) is 5.89. The Hall–Kier alpha value is -0.930. The van der Waals surface area contributed by atoms with Crippen molar-refractivity contribution in [3.63, 3.8) is 0 Å². The lowest BCUT2D eigenvalue weighted by molar-refractivity contribution is 0.144. The van der Waals surface area contributed by atoms with Crippen LogP contribution >= 0.6 is 12.4 Å². The van der Waals surface area contributed by atoms with E-state index in [9.17, 15) is 12.8 Å². The summed E-state index contributed by atoms with van der Waals surface area (Å²) in [6.07, 6.45) is 1.95. The molecule has 0 aliphatic carbocycles. The summed E-state index contributed by atoms with van der Waals surface area (Å²) in [5, 5.41) is 3.20. The third-order valence-corrected chi connectivity index (χ3v) is 4.87. The molecule has 1 unspecified atom stereocenters. The summed E-state index contributed by atoms with van der Waals surface area (Å²) in [5.41, 5.74) is 0. The van der Waals surface area contributed by atoms with Gasteiger partial charge in [0.05, 0.1) is 6.61 Å². The zero-order chi connectivity index (χ0) is 16.0. The zero-order valence-corrected chi connectivity index (χ0v) is 14.5. The molecule has 2 rings (SSSR count). The summed E-state index contributed by atoms with van der Waals surface area (Å²) in [6, 6.07) is 3.56. The van der Waals surface area contributed by atoms with Crippen molar-refractivity contribution in [2.75, 3.05) is 33.4 Å². The van der Waals surface area contributed by atoms with Gasteiger partial charge in [0.15, 0.2) is 0 Å². The van der Waals surface area contributed by atoms with Crippen LogP contribution in [0, 0.1) is 5.82 Å². The topological polar surface area (TPSA) is 76.7 Å². The third-order valence-electron chi connectivity index (χ3n) is 3.42. The number of methoxy groups -OCH3 is 1. The van der Waals surface area contributed by atoms with Crippen LogP contribution in [0.4, 0.5) is 4.39 Å². The first-order valence-corrected chi connectivity index (χ1v) is 8.65. The molecule has 0 saturated carbocycles. The molecule has 0 amide bonds. The van der Waals surface area contributed by atoms with Gasteiger partial charge in [0.1, 0.15) is 23.1 Å². The van der Waals surface area contributed by atoms with Gasteiger partial charge in [-0.1, -0.05) is 0 Å². The highest BCUT2D eigenvalue weighted by atomic mass is 35.5. The van der Waals surface area contributed by atoms with Crippen LogP contribution in [0.15, 0.2) is 23.1 Å². The Labute approximate surface area is 142 Å². The fourth-order valence-electron chi connectivity index (χ4n) is 2.27. The Morgan fingerprint density at radius 2 is 2.17 bits per heavy atom. The average Bonchev–Trinajstić information content (AvgIpc) is 3.00. The highest BCUT2D eigenvalue weighted by Crippen LogP contribution is 2.24. The van der Waals surface area contributed by atoms with Crippen LogP contribution in [-0.2, 0) is 14.8 Å². The number of ether oxygens (including phenoxy) is 2. The molecule has 1 aromatic carbocycles. The van der Waals surface area contributed by atoms with Crippen LogP contribution in [-0.4, -0.2) is 47.9 Å². The molecular formula is C14H22ClFN2O4S.